The SMILES string of the molecule is O=C(O)c1ccc([N+](=O)[O-])cc1.O=C(O)c1ccc([N+](=O)[O-])cc1.OC(O)c1ccccc1.OC(O)c1ccccc1.[Pd].[Pd].[c-]1ccccc1-c1ccccn1.[c-]1ccccc1-c1ccccn1. The molecule has 356 valence electrons. The topological polar surface area (TPSA) is 268 Å². The maximum absolute atomic E-state index is 10.3. The second kappa shape index (κ2) is 33.1. The molecule has 2 heterocycles. The van der Waals surface area contributed by atoms with Gasteiger partial charge in [-0.2, -0.15) is 0 Å². The maximum Gasteiger partial charge on any atom is 0.335 e. The molecular formula is C50H42N4O12Pd2-2. The Morgan fingerprint density at radius 3 is 0.971 bits per heavy atom. The maximum atomic E-state index is 10.3. The van der Waals surface area contributed by atoms with Gasteiger partial charge >= 0.3 is 11.9 Å². The Morgan fingerprint density at radius 2 is 0.750 bits per heavy atom. The number of pyridine rings is 2. The number of nitro groups is 2. The van der Waals surface area contributed by atoms with E-state index < -0.39 is 34.4 Å². The summed E-state index contributed by atoms with van der Waals surface area (Å²) in [6, 6.07) is 60.4. The van der Waals surface area contributed by atoms with Crippen LogP contribution in [0.3, 0.4) is 0 Å². The average molecular weight is 1100 g/mol. The number of benzene rings is 6. The quantitative estimate of drug-likeness (QED) is 0.0273. The predicted octanol–water partition coefficient (Wildman–Crippen LogP) is 9.02. The third-order valence-corrected chi connectivity index (χ3v) is 8.15. The number of aromatic nitrogens is 2. The van der Waals surface area contributed by atoms with E-state index in [0.717, 1.165) is 46.8 Å². The molecule has 68 heavy (non-hydrogen) atoms. The van der Waals surface area contributed by atoms with Gasteiger partial charge in [-0.3, -0.25) is 20.2 Å². The van der Waals surface area contributed by atoms with Gasteiger partial charge in [0.25, 0.3) is 11.4 Å². The number of non-ortho nitro benzene ring substituents is 2. The number of nitro benzene ring substituents is 2. The zero-order valence-electron chi connectivity index (χ0n) is 35.3. The van der Waals surface area contributed by atoms with E-state index in [2.05, 4.69) is 22.1 Å². The van der Waals surface area contributed by atoms with Gasteiger partial charge < -0.3 is 40.6 Å². The van der Waals surface area contributed by atoms with Crippen molar-refractivity contribution in [3.05, 3.63) is 261 Å². The first kappa shape index (κ1) is 58.5. The Morgan fingerprint density at radius 1 is 0.441 bits per heavy atom. The molecule has 16 nitrogen and oxygen atoms in total. The Labute approximate surface area is 418 Å². The molecule has 0 spiro atoms. The van der Waals surface area contributed by atoms with E-state index >= 15 is 0 Å². The monoisotopic (exact) mass is 1100 g/mol. The van der Waals surface area contributed by atoms with E-state index in [1.54, 1.807) is 60.9 Å². The van der Waals surface area contributed by atoms with Crippen molar-refractivity contribution < 1.29 is 90.9 Å². The van der Waals surface area contributed by atoms with Gasteiger partial charge in [0.2, 0.25) is 0 Å². The number of hydrogen-bond acceptors (Lipinski definition) is 12. The summed E-state index contributed by atoms with van der Waals surface area (Å²) in [4.78, 5) is 48.2. The van der Waals surface area contributed by atoms with Gasteiger partial charge in [0, 0.05) is 88.6 Å². The first-order valence-electron chi connectivity index (χ1n) is 19.3. The van der Waals surface area contributed by atoms with Crippen LogP contribution in [0.25, 0.3) is 22.5 Å². The number of aromatic carboxylic acids is 2. The fourth-order valence-electron chi connectivity index (χ4n) is 4.85. The molecule has 0 saturated heterocycles. The van der Waals surface area contributed by atoms with Crippen LogP contribution in [0.15, 0.2) is 207 Å². The third-order valence-electron chi connectivity index (χ3n) is 8.15. The molecule has 8 aromatic rings. The van der Waals surface area contributed by atoms with E-state index in [4.69, 9.17) is 30.6 Å². The number of rotatable bonds is 8. The Hall–Kier alpha value is -7.48. The molecule has 6 N–H and O–H groups in total. The molecule has 0 aliphatic heterocycles. The summed E-state index contributed by atoms with van der Waals surface area (Å²) in [6.45, 7) is 0. The van der Waals surface area contributed by atoms with E-state index in [1.165, 1.54) is 24.3 Å². The largest absolute Gasteiger partial charge is 0.478 e. The minimum atomic E-state index is -1.34. The number of carboxylic acid groups (broad SMARTS) is 2. The molecule has 0 radical (unpaired) electrons. The van der Waals surface area contributed by atoms with Crippen LogP contribution in [0, 0.1) is 32.4 Å². The first-order chi connectivity index (χ1) is 31.8. The molecule has 0 aliphatic rings. The van der Waals surface area contributed by atoms with Crippen molar-refractivity contribution in [2.75, 3.05) is 0 Å². The van der Waals surface area contributed by atoms with Crippen molar-refractivity contribution in [1.82, 2.24) is 9.97 Å². The average Bonchev–Trinajstić information content (AvgIpc) is 3.36. The molecule has 0 unspecified atom stereocenters. The van der Waals surface area contributed by atoms with Gasteiger partial charge in [-0.1, -0.05) is 84.9 Å². The van der Waals surface area contributed by atoms with Crippen molar-refractivity contribution in [2.24, 2.45) is 0 Å². The molecular weight excluding hydrogens is 1060 g/mol. The fourth-order valence-corrected chi connectivity index (χ4v) is 4.85. The van der Waals surface area contributed by atoms with Crippen molar-refractivity contribution >= 4 is 23.3 Å². The van der Waals surface area contributed by atoms with Crippen molar-refractivity contribution in [3.8, 4) is 22.5 Å². The van der Waals surface area contributed by atoms with E-state index in [9.17, 15) is 29.8 Å². The normalized spacial score (nSPS) is 9.38. The van der Waals surface area contributed by atoms with Crippen LogP contribution >= 0.6 is 0 Å². The molecule has 0 amide bonds. The van der Waals surface area contributed by atoms with Crippen molar-refractivity contribution in [2.45, 2.75) is 12.6 Å². The van der Waals surface area contributed by atoms with E-state index in [1.807, 2.05) is 97.1 Å². The summed E-state index contributed by atoms with van der Waals surface area (Å²) in [7, 11) is 0. The number of hydrogen-bond donors (Lipinski definition) is 6. The zero-order chi connectivity index (χ0) is 48.1. The molecule has 0 bridgehead atoms. The van der Waals surface area contributed by atoms with Gasteiger partial charge in [-0.25, -0.2) is 9.59 Å². The first-order valence-corrected chi connectivity index (χ1v) is 19.3. The van der Waals surface area contributed by atoms with Crippen LogP contribution in [0.1, 0.15) is 44.4 Å². The van der Waals surface area contributed by atoms with Crippen molar-refractivity contribution in [1.29, 1.82) is 0 Å². The Bertz CT molecular complexity index is 2300. The van der Waals surface area contributed by atoms with Gasteiger partial charge in [0.1, 0.15) is 0 Å². The Kier molecular flexibility index (Phi) is 28.5. The van der Waals surface area contributed by atoms with Crippen molar-refractivity contribution in [3.63, 3.8) is 0 Å². The predicted molar refractivity (Wildman–Crippen MR) is 244 cm³/mol. The van der Waals surface area contributed by atoms with Crippen LogP contribution in [-0.2, 0) is 40.8 Å². The summed E-state index contributed by atoms with van der Waals surface area (Å²) in [5, 5.41) is 71.5. The van der Waals surface area contributed by atoms with E-state index in [0.29, 0.717) is 11.1 Å². The summed E-state index contributed by atoms with van der Waals surface area (Å²) in [6.07, 6.45) is 0.893. The van der Waals surface area contributed by atoms with Crippen LogP contribution in [0.5, 0.6) is 0 Å². The summed E-state index contributed by atoms with van der Waals surface area (Å²) < 4.78 is 0. The third kappa shape index (κ3) is 22.6. The molecule has 6 aromatic carbocycles. The molecule has 18 heteroatoms. The molecule has 0 atom stereocenters. The number of nitrogens with zero attached hydrogens (tertiary/aromatic N) is 4. The standard InChI is InChI=1S/2C11H8N.2C7H5NO4.2C7H8O2.2Pd/c2*1-2-6-10(7-3-1)11-8-4-5-9-12-11;2*9-7(10)5-1-3-6(4-2-5)8(11)12;2*8-7(9)6-4-2-1-3-5-6;;/h2*1-6,8-9H;2*1-4H,(H,9,10);2*1-5,7-9H;;/q2*-1;;;;;;. The summed E-state index contributed by atoms with van der Waals surface area (Å²) >= 11 is 0. The smallest absolute Gasteiger partial charge is 0.335 e. The number of carbonyl (C=O) groups is 2. The van der Waals surface area contributed by atoms with E-state index in [-0.39, 0.29) is 63.3 Å². The van der Waals surface area contributed by atoms with Crippen LogP contribution in [0.2, 0.25) is 0 Å². The molecule has 2 aromatic heterocycles. The van der Waals surface area contributed by atoms with Gasteiger partial charge in [0.05, 0.1) is 21.0 Å². The molecule has 0 fully saturated rings. The zero-order valence-corrected chi connectivity index (χ0v) is 38.4. The number of aliphatic hydroxyl groups excluding tert-OH is 2. The molecule has 0 aliphatic carbocycles. The summed E-state index contributed by atoms with van der Waals surface area (Å²) in [5.41, 5.74) is 4.93. The second-order valence-corrected chi connectivity index (χ2v) is 12.8. The van der Waals surface area contributed by atoms with Gasteiger partial charge in [-0.15, -0.1) is 71.8 Å². The van der Waals surface area contributed by atoms with Crippen LogP contribution in [0.4, 0.5) is 11.4 Å². The minimum absolute atomic E-state index is 0. The fraction of sp³-hybridized carbons (Fsp3) is 0.0400. The molecule has 8 rings (SSSR count). The summed E-state index contributed by atoms with van der Waals surface area (Å²) in [5.74, 6) is -2.19. The second-order valence-electron chi connectivity index (χ2n) is 12.8. The van der Waals surface area contributed by atoms with Gasteiger partial charge in [-0.05, 0) is 47.8 Å². The number of carboxylic acids is 2. The van der Waals surface area contributed by atoms with Gasteiger partial charge in [0.15, 0.2) is 12.6 Å². The number of aliphatic hydroxyl groups is 4. The van der Waals surface area contributed by atoms with Crippen LogP contribution < -0.4 is 0 Å². The molecule has 0 saturated carbocycles. The van der Waals surface area contributed by atoms with Crippen LogP contribution in [-0.4, -0.2) is 62.4 Å². The minimum Gasteiger partial charge on any atom is -0.478 e. The Balaban J connectivity index is 0.000000407.